The van der Waals surface area contributed by atoms with Crippen molar-refractivity contribution < 1.29 is 24.5 Å². The van der Waals surface area contributed by atoms with Crippen molar-refractivity contribution in [1.82, 2.24) is 5.32 Å². The maximum absolute atomic E-state index is 9.55. The minimum Gasteiger partial charge on any atom is -0.486 e. The van der Waals surface area contributed by atoms with Gasteiger partial charge in [-0.15, -0.1) is 0 Å². The van der Waals surface area contributed by atoms with Crippen molar-refractivity contribution in [2.45, 2.75) is 26.4 Å². The van der Waals surface area contributed by atoms with Crippen LogP contribution < -0.4 is 10.1 Å². The molecule has 144 valence electrons. The standard InChI is InChI=1S/C14H19BrClNO.C4H4O4/c1-10(2)8-12(6-7-17-3)18-11-4-5-13(15)14(16)9-11;5-3(6)1-2-4(7)8/h4-5,8-9,12,17H,6-7H2,1-3H3;1-2H,(H,5,6)(H,7,8)/b;2-1+. The Labute approximate surface area is 166 Å². The number of rotatable bonds is 8. The summed E-state index contributed by atoms with van der Waals surface area (Å²) in [6, 6.07) is 5.65. The van der Waals surface area contributed by atoms with Crippen molar-refractivity contribution >= 4 is 39.5 Å². The number of nitrogens with one attached hydrogen (secondary N) is 1. The normalized spacial score (nSPS) is 11.3. The van der Waals surface area contributed by atoms with Crippen molar-refractivity contribution in [3.63, 3.8) is 0 Å². The molecule has 0 aliphatic carbocycles. The molecule has 0 fully saturated rings. The van der Waals surface area contributed by atoms with Crippen LogP contribution in [0.15, 0.2) is 46.5 Å². The van der Waals surface area contributed by atoms with Crippen LogP contribution in [0.5, 0.6) is 5.75 Å². The van der Waals surface area contributed by atoms with Gasteiger partial charge >= 0.3 is 11.9 Å². The Morgan fingerprint density at radius 2 is 1.85 bits per heavy atom. The Kier molecular flexibility index (Phi) is 12.4. The highest BCUT2D eigenvalue weighted by molar-refractivity contribution is 9.10. The summed E-state index contributed by atoms with van der Waals surface area (Å²) in [7, 11) is 1.94. The SMILES string of the molecule is CNCCC(C=C(C)C)Oc1ccc(Br)c(Cl)c1.O=C(O)/C=C/C(=O)O. The predicted molar refractivity (Wildman–Crippen MR) is 106 cm³/mol. The van der Waals surface area contributed by atoms with Gasteiger partial charge in [-0.25, -0.2) is 9.59 Å². The van der Waals surface area contributed by atoms with Crippen LogP contribution >= 0.6 is 27.5 Å². The molecule has 1 aromatic rings. The van der Waals surface area contributed by atoms with Crippen LogP contribution in [-0.4, -0.2) is 41.8 Å². The Morgan fingerprint density at radius 3 is 2.27 bits per heavy atom. The summed E-state index contributed by atoms with van der Waals surface area (Å²) < 4.78 is 6.82. The van der Waals surface area contributed by atoms with Crippen LogP contribution in [0.25, 0.3) is 0 Å². The van der Waals surface area contributed by atoms with E-state index in [1.165, 1.54) is 5.57 Å². The van der Waals surface area contributed by atoms with Gasteiger partial charge in [0.1, 0.15) is 11.9 Å². The topological polar surface area (TPSA) is 95.9 Å². The van der Waals surface area contributed by atoms with Gasteiger partial charge < -0.3 is 20.3 Å². The van der Waals surface area contributed by atoms with Crippen LogP contribution in [0.1, 0.15) is 20.3 Å². The number of hydrogen-bond donors (Lipinski definition) is 3. The lowest BCUT2D eigenvalue weighted by molar-refractivity contribution is -0.134. The molecule has 0 aromatic heterocycles. The summed E-state index contributed by atoms with van der Waals surface area (Å²) in [6.45, 7) is 5.06. The van der Waals surface area contributed by atoms with E-state index < -0.39 is 11.9 Å². The molecule has 6 nitrogen and oxygen atoms in total. The number of carboxylic acids is 2. The second-order valence-electron chi connectivity index (χ2n) is 5.38. The molecule has 0 amide bonds. The number of halogens is 2. The van der Waals surface area contributed by atoms with Crippen LogP contribution in [0.4, 0.5) is 0 Å². The fourth-order valence-electron chi connectivity index (χ4n) is 1.70. The second kappa shape index (κ2) is 13.4. The number of carboxylic acid groups (broad SMARTS) is 2. The molecule has 0 saturated carbocycles. The molecule has 1 aromatic carbocycles. The first-order chi connectivity index (χ1) is 12.1. The second-order valence-corrected chi connectivity index (χ2v) is 6.64. The Morgan fingerprint density at radius 1 is 1.27 bits per heavy atom. The summed E-state index contributed by atoms with van der Waals surface area (Å²) in [4.78, 5) is 19.1. The zero-order valence-corrected chi connectivity index (χ0v) is 17.2. The van der Waals surface area contributed by atoms with Crippen LogP contribution in [0.2, 0.25) is 5.02 Å². The maximum atomic E-state index is 9.55. The molecule has 0 aliphatic heterocycles. The minimum absolute atomic E-state index is 0.0692. The van der Waals surface area contributed by atoms with Gasteiger partial charge in [0.25, 0.3) is 0 Å². The van der Waals surface area contributed by atoms with E-state index in [2.05, 4.69) is 41.2 Å². The quantitative estimate of drug-likeness (QED) is 0.409. The molecule has 0 saturated heterocycles. The van der Waals surface area contributed by atoms with Crippen molar-refractivity contribution in [2.24, 2.45) is 0 Å². The van der Waals surface area contributed by atoms with E-state index in [-0.39, 0.29) is 6.10 Å². The van der Waals surface area contributed by atoms with E-state index in [0.29, 0.717) is 17.2 Å². The molecule has 1 unspecified atom stereocenters. The lowest BCUT2D eigenvalue weighted by Gasteiger charge is -2.17. The van der Waals surface area contributed by atoms with E-state index in [4.69, 9.17) is 26.6 Å². The van der Waals surface area contributed by atoms with Crippen molar-refractivity contribution in [3.8, 4) is 5.75 Å². The molecule has 1 rings (SSSR count). The molecule has 0 aliphatic rings. The summed E-state index contributed by atoms with van der Waals surface area (Å²) in [5.41, 5.74) is 1.25. The number of ether oxygens (including phenoxy) is 1. The third-order valence-corrected chi connectivity index (χ3v) is 3.98. The van der Waals surface area contributed by atoms with Gasteiger partial charge in [0.2, 0.25) is 0 Å². The van der Waals surface area contributed by atoms with Gasteiger partial charge in [0, 0.05) is 23.0 Å². The lowest BCUT2D eigenvalue weighted by Crippen LogP contribution is -2.21. The number of benzene rings is 1. The monoisotopic (exact) mass is 447 g/mol. The molecule has 3 N–H and O–H groups in total. The van der Waals surface area contributed by atoms with Gasteiger partial charge in [-0.2, -0.15) is 0 Å². The first kappa shape index (κ1) is 24.2. The van der Waals surface area contributed by atoms with Crippen LogP contribution in [-0.2, 0) is 9.59 Å². The summed E-state index contributed by atoms with van der Waals surface area (Å²) in [5.74, 6) is -1.72. The van der Waals surface area contributed by atoms with E-state index in [1.807, 2.05) is 25.2 Å². The zero-order valence-electron chi connectivity index (χ0n) is 14.8. The number of allylic oxidation sites excluding steroid dienone is 1. The first-order valence-corrected chi connectivity index (χ1v) is 8.88. The van der Waals surface area contributed by atoms with Gasteiger partial charge in [-0.05, 0) is 67.6 Å². The fraction of sp³-hybridized carbons (Fsp3) is 0.333. The van der Waals surface area contributed by atoms with E-state index in [9.17, 15) is 9.59 Å². The molecular formula is C18H23BrClNO5. The van der Waals surface area contributed by atoms with Crippen LogP contribution in [0, 0.1) is 0 Å². The average molecular weight is 449 g/mol. The Hall–Kier alpha value is -1.83. The summed E-state index contributed by atoms with van der Waals surface area (Å²) in [6.07, 6.45) is 4.24. The largest absolute Gasteiger partial charge is 0.486 e. The highest BCUT2D eigenvalue weighted by Crippen LogP contribution is 2.27. The van der Waals surface area contributed by atoms with Crippen molar-refractivity contribution in [3.05, 3.63) is 51.5 Å². The van der Waals surface area contributed by atoms with Crippen molar-refractivity contribution in [2.75, 3.05) is 13.6 Å². The molecule has 8 heteroatoms. The Bertz CT molecular complexity index is 641. The smallest absolute Gasteiger partial charge is 0.328 e. The highest BCUT2D eigenvalue weighted by atomic mass is 79.9. The first-order valence-electron chi connectivity index (χ1n) is 7.71. The predicted octanol–water partition coefficient (Wildman–Crippen LogP) is 4.14. The third kappa shape index (κ3) is 12.5. The van der Waals surface area contributed by atoms with E-state index in [0.717, 1.165) is 23.2 Å². The third-order valence-electron chi connectivity index (χ3n) is 2.75. The van der Waals surface area contributed by atoms with Gasteiger partial charge in [-0.3, -0.25) is 0 Å². The van der Waals surface area contributed by atoms with E-state index >= 15 is 0 Å². The van der Waals surface area contributed by atoms with Gasteiger partial charge in [0.05, 0.1) is 5.02 Å². The van der Waals surface area contributed by atoms with Crippen LogP contribution in [0.3, 0.4) is 0 Å². The van der Waals surface area contributed by atoms with Gasteiger partial charge in [0.15, 0.2) is 0 Å². The average Bonchev–Trinajstić information content (AvgIpc) is 2.54. The number of carbonyl (C=O) groups is 2. The molecular weight excluding hydrogens is 426 g/mol. The molecule has 0 heterocycles. The number of aliphatic carboxylic acids is 2. The minimum atomic E-state index is -1.26. The molecule has 0 radical (unpaired) electrons. The van der Waals surface area contributed by atoms with E-state index in [1.54, 1.807) is 0 Å². The fourth-order valence-corrected chi connectivity index (χ4v) is 2.12. The number of hydrogen-bond acceptors (Lipinski definition) is 4. The highest BCUT2D eigenvalue weighted by Gasteiger charge is 2.08. The zero-order chi connectivity index (χ0) is 20.1. The van der Waals surface area contributed by atoms with Gasteiger partial charge in [-0.1, -0.05) is 17.2 Å². The van der Waals surface area contributed by atoms with Crippen molar-refractivity contribution in [1.29, 1.82) is 0 Å². The lowest BCUT2D eigenvalue weighted by atomic mass is 10.2. The molecule has 0 bridgehead atoms. The molecule has 26 heavy (non-hydrogen) atoms. The molecule has 1 atom stereocenters. The summed E-state index contributed by atoms with van der Waals surface area (Å²) >= 11 is 9.42. The maximum Gasteiger partial charge on any atom is 0.328 e. The Balaban J connectivity index is 0.000000660. The molecule has 0 spiro atoms. The summed E-state index contributed by atoms with van der Waals surface area (Å²) in [5, 5.41) is 19.4.